The minimum atomic E-state index is 0.0670. The van der Waals surface area contributed by atoms with Gasteiger partial charge in [-0.1, -0.05) is 18.2 Å². The average Bonchev–Trinajstić information content (AvgIpc) is 2.67. The molecule has 4 aliphatic rings. The van der Waals surface area contributed by atoms with Gasteiger partial charge in [0.2, 0.25) is 0 Å². The van der Waals surface area contributed by atoms with Crippen molar-refractivity contribution < 1.29 is 4.74 Å². The number of rotatable bonds is 0. The fourth-order valence-electron chi connectivity index (χ4n) is 3.41. The van der Waals surface area contributed by atoms with E-state index in [2.05, 4.69) is 24.3 Å². The Hall–Kier alpha value is -0.820. The smallest absolute Gasteiger partial charge is 0.146 e. The second-order valence-electron chi connectivity index (χ2n) is 4.48. The fraction of sp³-hybridized carbons (Fsp3) is 0.500. The van der Waals surface area contributed by atoms with Crippen molar-refractivity contribution in [3.8, 4) is 0 Å². The van der Waals surface area contributed by atoms with Gasteiger partial charge in [0, 0.05) is 0 Å². The van der Waals surface area contributed by atoms with Crippen molar-refractivity contribution in [3.63, 3.8) is 0 Å². The number of allylic oxidation sites excluding steroid dienone is 2. The van der Waals surface area contributed by atoms with Gasteiger partial charge in [0.25, 0.3) is 0 Å². The molecule has 13 heavy (non-hydrogen) atoms. The number of epoxide rings is 1. The second kappa shape index (κ2) is 1.69. The Kier molecular flexibility index (Phi) is 0.859. The van der Waals surface area contributed by atoms with Gasteiger partial charge in [-0.15, -0.1) is 0 Å². The van der Waals surface area contributed by atoms with Crippen LogP contribution in [-0.2, 0) is 4.74 Å². The molecule has 4 rings (SSSR count). The highest BCUT2D eigenvalue weighted by Crippen LogP contribution is 2.73. The van der Waals surface area contributed by atoms with Crippen molar-refractivity contribution in [3.05, 3.63) is 35.5 Å². The number of ether oxygens (including phenoxy) is 1. The molecular weight excluding hydrogens is 160 g/mol. The van der Waals surface area contributed by atoms with E-state index in [1.165, 1.54) is 31.3 Å². The Bertz CT molecular complexity index is 388. The maximum Gasteiger partial charge on any atom is 0.146 e. The Balaban J connectivity index is 1.93. The third-order valence-electron chi connectivity index (χ3n) is 4.02. The van der Waals surface area contributed by atoms with Crippen LogP contribution < -0.4 is 0 Å². The molecule has 1 aliphatic heterocycles. The van der Waals surface area contributed by atoms with E-state index in [4.69, 9.17) is 4.74 Å². The lowest BCUT2D eigenvalue weighted by atomic mass is 9.61. The maximum atomic E-state index is 6.00. The molecule has 1 heterocycles. The normalized spacial score (nSPS) is 49.2. The summed E-state index contributed by atoms with van der Waals surface area (Å²) < 4.78 is 6.00. The average molecular weight is 172 g/mol. The summed E-state index contributed by atoms with van der Waals surface area (Å²) in [5.41, 5.74) is 3.35. The lowest BCUT2D eigenvalue weighted by Gasteiger charge is -2.37. The van der Waals surface area contributed by atoms with E-state index in [1.54, 1.807) is 5.57 Å². The second-order valence-corrected chi connectivity index (χ2v) is 4.48. The molecule has 0 aromatic rings. The molecule has 1 saturated carbocycles. The predicted octanol–water partition coefficient (Wildman–Crippen LogP) is 2.50. The SMILES string of the molecule is C1=CC2=C3CCCCC34OC24C=C1. The Morgan fingerprint density at radius 1 is 1.23 bits per heavy atom. The molecule has 2 unspecified atom stereocenters. The molecule has 2 atom stereocenters. The molecule has 2 spiro atoms. The molecule has 3 aliphatic carbocycles. The molecule has 2 fully saturated rings. The minimum Gasteiger partial charge on any atom is -0.348 e. The van der Waals surface area contributed by atoms with Crippen LogP contribution in [0.1, 0.15) is 25.7 Å². The zero-order valence-electron chi connectivity index (χ0n) is 7.55. The molecule has 0 radical (unpaired) electrons. The van der Waals surface area contributed by atoms with Crippen molar-refractivity contribution in [1.29, 1.82) is 0 Å². The largest absolute Gasteiger partial charge is 0.348 e. The van der Waals surface area contributed by atoms with Crippen LogP contribution in [0.4, 0.5) is 0 Å². The first-order chi connectivity index (χ1) is 6.39. The van der Waals surface area contributed by atoms with E-state index in [0.717, 1.165) is 0 Å². The van der Waals surface area contributed by atoms with Crippen molar-refractivity contribution >= 4 is 0 Å². The van der Waals surface area contributed by atoms with E-state index >= 15 is 0 Å². The van der Waals surface area contributed by atoms with Gasteiger partial charge in [-0.25, -0.2) is 0 Å². The molecule has 66 valence electrons. The fourth-order valence-corrected chi connectivity index (χ4v) is 3.41. The first-order valence-electron chi connectivity index (χ1n) is 5.19. The molecule has 0 aromatic heterocycles. The quantitative estimate of drug-likeness (QED) is 0.511. The Morgan fingerprint density at radius 3 is 3.23 bits per heavy atom. The van der Waals surface area contributed by atoms with Crippen LogP contribution in [0.25, 0.3) is 0 Å². The standard InChI is InChI=1S/C12H12O/c1-3-7-11-9(5-1)10-6-2-4-8-12(10,11)13-11/h1,3,5,7H,2,4,6,8H2. The van der Waals surface area contributed by atoms with Crippen LogP contribution in [-0.4, -0.2) is 11.2 Å². The number of hydrogen-bond donors (Lipinski definition) is 0. The minimum absolute atomic E-state index is 0.0670. The van der Waals surface area contributed by atoms with Crippen molar-refractivity contribution in [2.75, 3.05) is 0 Å². The van der Waals surface area contributed by atoms with Gasteiger partial charge in [0.05, 0.1) is 0 Å². The Labute approximate surface area is 77.8 Å². The molecule has 0 bridgehead atoms. The third kappa shape index (κ3) is 0.483. The summed E-state index contributed by atoms with van der Waals surface area (Å²) in [5, 5.41) is 0. The summed E-state index contributed by atoms with van der Waals surface area (Å²) in [7, 11) is 0. The van der Waals surface area contributed by atoms with Crippen LogP contribution in [0, 0.1) is 0 Å². The summed E-state index contributed by atoms with van der Waals surface area (Å²) in [6, 6.07) is 0. The van der Waals surface area contributed by atoms with Crippen molar-refractivity contribution in [2.45, 2.75) is 36.9 Å². The number of hydrogen-bond acceptors (Lipinski definition) is 1. The van der Waals surface area contributed by atoms with E-state index in [9.17, 15) is 0 Å². The highest BCUT2D eigenvalue weighted by Gasteiger charge is 2.79. The maximum absolute atomic E-state index is 6.00. The van der Waals surface area contributed by atoms with E-state index in [0.29, 0.717) is 0 Å². The van der Waals surface area contributed by atoms with E-state index < -0.39 is 0 Å². The topological polar surface area (TPSA) is 12.5 Å². The van der Waals surface area contributed by atoms with Crippen LogP contribution in [0.15, 0.2) is 35.5 Å². The van der Waals surface area contributed by atoms with Crippen LogP contribution in [0.2, 0.25) is 0 Å². The zero-order chi connectivity index (χ0) is 8.52. The van der Waals surface area contributed by atoms with Crippen LogP contribution in [0.3, 0.4) is 0 Å². The first kappa shape index (κ1) is 6.61. The van der Waals surface area contributed by atoms with Gasteiger partial charge in [-0.05, 0) is 42.9 Å². The summed E-state index contributed by atoms with van der Waals surface area (Å²) in [5.74, 6) is 0. The molecule has 1 nitrogen and oxygen atoms in total. The first-order valence-corrected chi connectivity index (χ1v) is 5.19. The van der Waals surface area contributed by atoms with E-state index in [-0.39, 0.29) is 11.2 Å². The lowest BCUT2D eigenvalue weighted by Crippen LogP contribution is -2.41. The zero-order valence-corrected chi connectivity index (χ0v) is 7.55. The predicted molar refractivity (Wildman–Crippen MR) is 50.3 cm³/mol. The molecule has 0 amide bonds. The van der Waals surface area contributed by atoms with Crippen LogP contribution in [0.5, 0.6) is 0 Å². The van der Waals surface area contributed by atoms with Gasteiger partial charge in [-0.2, -0.15) is 0 Å². The summed E-state index contributed by atoms with van der Waals surface area (Å²) >= 11 is 0. The van der Waals surface area contributed by atoms with E-state index in [1.807, 2.05) is 0 Å². The molecule has 0 N–H and O–H groups in total. The Morgan fingerprint density at radius 2 is 2.23 bits per heavy atom. The van der Waals surface area contributed by atoms with Crippen molar-refractivity contribution in [2.24, 2.45) is 0 Å². The van der Waals surface area contributed by atoms with Gasteiger partial charge < -0.3 is 4.74 Å². The summed E-state index contributed by atoms with van der Waals surface area (Å²) in [4.78, 5) is 0. The van der Waals surface area contributed by atoms with Gasteiger partial charge in [0.1, 0.15) is 11.2 Å². The molecule has 1 saturated heterocycles. The van der Waals surface area contributed by atoms with Crippen LogP contribution >= 0.6 is 0 Å². The molecule has 1 heteroatoms. The highest BCUT2D eigenvalue weighted by molar-refractivity contribution is 5.68. The highest BCUT2D eigenvalue weighted by atomic mass is 16.6. The van der Waals surface area contributed by atoms with Gasteiger partial charge in [0.15, 0.2) is 0 Å². The lowest BCUT2D eigenvalue weighted by molar-refractivity contribution is 0.295. The van der Waals surface area contributed by atoms with Gasteiger partial charge >= 0.3 is 0 Å². The summed E-state index contributed by atoms with van der Waals surface area (Å²) in [6.45, 7) is 0. The third-order valence-corrected chi connectivity index (χ3v) is 4.02. The van der Waals surface area contributed by atoms with Crippen molar-refractivity contribution in [1.82, 2.24) is 0 Å². The monoisotopic (exact) mass is 172 g/mol. The molecular formula is C12H12O. The van der Waals surface area contributed by atoms with Gasteiger partial charge in [-0.3, -0.25) is 0 Å². The molecule has 0 aromatic carbocycles. The summed E-state index contributed by atoms with van der Waals surface area (Å²) in [6.07, 6.45) is 14.0.